The van der Waals surface area contributed by atoms with Gasteiger partial charge in [-0.15, -0.1) is 0 Å². The molecule has 4 heterocycles. The van der Waals surface area contributed by atoms with Crippen LogP contribution < -0.4 is 5.56 Å². The zero-order valence-electron chi connectivity index (χ0n) is 19.6. The number of rotatable bonds is 4. The van der Waals surface area contributed by atoms with Crippen molar-refractivity contribution < 1.29 is 14.1 Å². The summed E-state index contributed by atoms with van der Waals surface area (Å²) in [6.45, 7) is 6.58. The Morgan fingerprint density at radius 3 is 2.74 bits per heavy atom. The summed E-state index contributed by atoms with van der Waals surface area (Å²) >= 11 is 6.09. The predicted molar refractivity (Wildman–Crippen MR) is 129 cm³/mol. The number of hydrogen-bond acceptors (Lipinski definition) is 7. The van der Waals surface area contributed by atoms with Crippen molar-refractivity contribution in [3.05, 3.63) is 57.1 Å². The van der Waals surface area contributed by atoms with Crippen molar-refractivity contribution in [1.82, 2.24) is 29.6 Å². The third-order valence-corrected chi connectivity index (χ3v) is 6.29. The van der Waals surface area contributed by atoms with E-state index in [1.54, 1.807) is 27.6 Å². The number of ether oxygens (including phenoxy) is 1. The van der Waals surface area contributed by atoms with E-state index in [1.165, 1.54) is 0 Å². The maximum atomic E-state index is 12.6. The zero-order valence-corrected chi connectivity index (χ0v) is 20.4. The normalized spacial score (nSPS) is 14.7. The number of aromatic nitrogens is 5. The first-order valence-electron chi connectivity index (χ1n) is 11.5. The van der Waals surface area contributed by atoms with E-state index >= 15 is 0 Å². The van der Waals surface area contributed by atoms with Gasteiger partial charge in [-0.1, -0.05) is 28.9 Å². The van der Waals surface area contributed by atoms with Crippen LogP contribution in [0.15, 0.2) is 39.6 Å². The minimum atomic E-state index is -0.307. The molecule has 4 aromatic rings. The number of H-pyrrole nitrogens is 1. The number of aromatic amines is 1. The van der Waals surface area contributed by atoms with E-state index in [2.05, 4.69) is 20.2 Å². The first-order chi connectivity index (χ1) is 16.8. The van der Waals surface area contributed by atoms with Gasteiger partial charge in [0.1, 0.15) is 11.2 Å². The van der Waals surface area contributed by atoms with Crippen LogP contribution in [0.25, 0.3) is 28.5 Å². The Balaban J connectivity index is 1.47. The lowest BCUT2D eigenvalue weighted by atomic mass is 9.93. The Morgan fingerprint density at radius 2 is 2.03 bits per heavy atom. The third kappa shape index (κ3) is 4.53. The molecule has 0 atom stereocenters. The Morgan fingerprint density at radius 1 is 1.26 bits per heavy atom. The number of benzene rings is 1. The van der Waals surface area contributed by atoms with E-state index in [-0.39, 0.29) is 29.6 Å². The summed E-state index contributed by atoms with van der Waals surface area (Å²) in [5.41, 5.74) is 2.97. The maximum absolute atomic E-state index is 12.6. The Labute approximate surface area is 205 Å². The molecule has 1 amide bonds. The molecular formula is C24H25ClN6O4. The number of aryl methyl sites for hydroxylation is 1. The second-order valence-electron chi connectivity index (χ2n) is 8.91. The summed E-state index contributed by atoms with van der Waals surface area (Å²) in [6.07, 6.45) is 0.916. The van der Waals surface area contributed by atoms with Crippen LogP contribution in [0.5, 0.6) is 0 Å². The Hall–Kier alpha value is -3.66. The van der Waals surface area contributed by atoms with Gasteiger partial charge in [-0.05, 0) is 45.7 Å². The lowest BCUT2D eigenvalue weighted by Crippen LogP contribution is -2.39. The quantitative estimate of drug-likeness (QED) is 0.444. The van der Waals surface area contributed by atoms with Gasteiger partial charge in [0.15, 0.2) is 0 Å². The van der Waals surface area contributed by atoms with Gasteiger partial charge in [0.2, 0.25) is 5.82 Å². The molecule has 0 bridgehead atoms. The van der Waals surface area contributed by atoms with Crippen molar-refractivity contribution in [1.29, 1.82) is 0 Å². The lowest BCUT2D eigenvalue weighted by molar-refractivity contribution is 0.0689. The number of nitrogens with one attached hydrogen (secondary N) is 1. The molecule has 5 rings (SSSR count). The highest BCUT2D eigenvalue weighted by atomic mass is 35.5. The first-order valence-corrected chi connectivity index (χ1v) is 11.9. The lowest BCUT2D eigenvalue weighted by Gasteiger charge is -2.31. The fourth-order valence-corrected chi connectivity index (χ4v) is 4.62. The van der Waals surface area contributed by atoms with Crippen LogP contribution in [-0.2, 0) is 4.74 Å². The molecule has 1 saturated heterocycles. The maximum Gasteiger partial charge on any atom is 0.410 e. The molecule has 1 fully saturated rings. The number of carbonyl (C=O) groups is 1. The SMILES string of the molecule is Cc1nn2c(C3CCN(C(=O)OC(C)C)CC3)cc(=O)[nH]c2c1-c1nc(-c2cccc(Cl)c2)no1. The monoisotopic (exact) mass is 496 g/mol. The third-order valence-electron chi connectivity index (χ3n) is 6.06. The van der Waals surface area contributed by atoms with E-state index in [0.29, 0.717) is 53.7 Å². The van der Waals surface area contributed by atoms with Gasteiger partial charge in [-0.3, -0.25) is 4.79 Å². The number of piperidine rings is 1. The van der Waals surface area contributed by atoms with Crippen molar-refractivity contribution in [2.45, 2.75) is 45.6 Å². The highest BCUT2D eigenvalue weighted by Crippen LogP contribution is 2.32. The van der Waals surface area contributed by atoms with Crippen molar-refractivity contribution in [3.8, 4) is 22.8 Å². The average molecular weight is 497 g/mol. The van der Waals surface area contributed by atoms with Gasteiger partial charge >= 0.3 is 6.09 Å². The standard InChI is InChI=1S/C24H25ClN6O4/c1-13(2)34-24(33)30-9-7-15(8-10-30)18-12-19(32)26-22-20(14(3)28-31(18)22)23-27-21(29-35-23)16-5-4-6-17(25)11-16/h4-6,11-13,15H,7-10H2,1-3H3,(H,26,32). The number of halogens is 1. The first kappa shape index (κ1) is 23.1. The van der Waals surface area contributed by atoms with Crippen LogP contribution >= 0.6 is 11.6 Å². The predicted octanol–water partition coefficient (Wildman–Crippen LogP) is 4.43. The minimum Gasteiger partial charge on any atom is -0.447 e. The molecule has 1 aliphatic heterocycles. The molecule has 0 unspecified atom stereocenters. The highest BCUT2D eigenvalue weighted by Gasteiger charge is 2.29. The number of amides is 1. The van der Waals surface area contributed by atoms with Crippen molar-refractivity contribution >= 4 is 23.3 Å². The highest BCUT2D eigenvalue weighted by molar-refractivity contribution is 6.30. The largest absolute Gasteiger partial charge is 0.447 e. The second-order valence-corrected chi connectivity index (χ2v) is 9.34. The molecule has 182 valence electrons. The molecule has 35 heavy (non-hydrogen) atoms. The van der Waals surface area contributed by atoms with E-state index in [1.807, 2.05) is 32.9 Å². The summed E-state index contributed by atoms with van der Waals surface area (Å²) in [5, 5.41) is 9.34. The fraction of sp³-hybridized carbons (Fsp3) is 0.375. The zero-order chi connectivity index (χ0) is 24.7. The van der Waals surface area contributed by atoms with Crippen molar-refractivity contribution in [2.75, 3.05) is 13.1 Å². The van der Waals surface area contributed by atoms with Crippen LogP contribution in [0.4, 0.5) is 4.79 Å². The van der Waals surface area contributed by atoms with Gasteiger partial charge < -0.3 is 19.1 Å². The number of fused-ring (bicyclic) bond motifs is 1. The topological polar surface area (TPSA) is 119 Å². The average Bonchev–Trinajstić information content (AvgIpc) is 3.42. The van der Waals surface area contributed by atoms with E-state index in [0.717, 1.165) is 11.3 Å². The molecule has 10 nitrogen and oxygen atoms in total. The summed E-state index contributed by atoms with van der Waals surface area (Å²) in [6, 6.07) is 8.74. The van der Waals surface area contributed by atoms with E-state index in [4.69, 9.17) is 20.9 Å². The summed E-state index contributed by atoms with van der Waals surface area (Å²) in [4.78, 5) is 34.0. The minimum absolute atomic E-state index is 0.0553. The Bertz CT molecular complexity index is 1450. The summed E-state index contributed by atoms with van der Waals surface area (Å²) < 4.78 is 12.6. The van der Waals surface area contributed by atoms with E-state index in [9.17, 15) is 9.59 Å². The molecule has 3 aromatic heterocycles. The number of hydrogen-bond donors (Lipinski definition) is 1. The van der Waals surface area contributed by atoms with Crippen LogP contribution in [-0.4, -0.2) is 54.9 Å². The Kier molecular flexibility index (Phi) is 6.06. The van der Waals surface area contributed by atoms with Crippen molar-refractivity contribution in [2.24, 2.45) is 0 Å². The van der Waals surface area contributed by atoms with Gasteiger partial charge in [-0.25, -0.2) is 9.31 Å². The van der Waals surface area contributed by atoms with E-state index < -0.39 is 0 Å². The fourth-order valence-electron chi connectivity index (χ4n) is 4.43. The van der Waals surface area contributed by atoms with Crippen LogP contribution in [0, 0.1) is 6.92 Å². The van der Waals surface area contributed by atoms with Gasteiger partial charge in [-0.2, -0.15) is 10.1 Å². The number of likely N-dealkylation sites (tertiary alicyclic amines) is 1. The smallest absolute Gasteiger partial charge is 0.410 e. The van der Waals surface area contributed by atoms with Crippen LogP contribution in [0.3, 0.4) is 0 Å². The molecule has 0 radical (unpaired) electrons. The van der Waals surface area contributed by atoms with Gasteiger partial charge in [0, 0.05) is 35.7 Å². The van der Waals surface area contributed by atoms with Gasteiger partial charge in [0.05, 0.1) is 17.5 Å². The summed E-state index contributed by atoms with van der Waals surface area (Å²) in [5.74, 6) is 0.701. The molecule has 1 N–H and O–H groups in total. The van der Waals surface area contributed by atoms with Crippen LogP contribution in [0.1, 0.15) is 44.0 Å². The summed E-state index contributed by atoms with van der Waals surface area (Å²) in [7, 11) is 0. The molecule has 0 spiro atoms. The number of carbonyl (C=O) groups excluding carboxylic acids is 1. The van der Waals surface area contributed by atoms with Crippen molar-refractivity contribution in [3.63, 3.8) is 0 Å². The molecule has 1 aliphatic rings. The molecule has 0 aliphatic carbocycles. The molecule has 0 saturated carbocycles. The molecule has 11 heteroatoms. The van der Waals surface area contributed by atoms with Crippen LogP contribution in [0.2, 0.25) is 5.02 Å². The second kappa shape index (κ2) is 9.18. The van der Waals surface area contributed by atoms with Gasteiger partial charge in [0.25, 0.3) is 11.4 Å². The number of nitrogens with zero attached hydrogens (tertiary/aromatic N) is 5. The molecular weight excluding hydrogens is 472 g/mol. The molecule has 1 aromatic carbocycles.